The third-order valence-corrected chi connectivity index (χ3v) is 6.77. The van der Waals surface area contributed by atoms with Gasteiger partial charge in [0.15, 0.2) is 17.5 Å². The van der Waals surface area contributed by atoms with Gasteiger partial charge in [-0.3, -0.25) is 4.99 Å². The minimum Gasteiger partial charge on any atom is -0.454 e. The van der Waals surface area contributed by atoms with Gasteiger partial charge in [0.2, 0.25) is 6.79 Å². The summed E-state index contributed by atoms with van der Waals surface area (Å²) < 4.78 is 46.9. The molecule has 0 amide bonds. The van der Waals surface area contributed by atoms with Gasteiger partial charge in [0.25, 0.3) is 0 Å². The second-order valence-corrected chi connectivity index (χ2v) is 8.07. The SMILES string of the molecule is CN=C(NCc1cc2c(cc1OC(F)F)OCO2)NC1C2CCOC2C12CCC2.I. The fraction of sp³-hybridized carbons (Fsp3) is 0.650. The molecule has 1 spiro atoms. The average molecular weight is 537 g/mol. The molecule has 4 aliphatic rings. The van der Waals surface area contributed by atoms with Crippen LogP contribution < -0.4 is 24.8 Å². The summed E-state index contributed by atoms with van der Waals surface area (Å²) in [5.74, 6) is 2.14. The van der Waals surface area contributed by atoms with E-state index in [2.05, 4.69) is 20.4 Å². The predicted molar refractivity (Wildman–Crippen MR) is 116 cm³/mol. The van der Waals surface area contributed by atoms with Crippen LogP contribution in [0.3, 0.4) is 0 Å². The lowest BCUT2D eigenvalue weighted by atomic mass is 9.46. The summed E-state index contributed by atoms with van der Waals surface area (Å²) in [7, 11) is 1.71. The van der Waals surface area contributed by atoms with E-state index in [0.717, 1.165) is 13.0 Å². The summed E-state index contributed by atoms with van der Waals surface area (Å²) in [6.45, 7) is -1.76. The van der Waals surface area contributed by atoms with Gasteiger partial charge in [0.1, 0.15) is 5.75 Å². The first-order chi connectivity index (χ1) is 14.1. The van der Waals surface area contributed by atoms with Gasteiger partial charge in [-0.1, -0.05) is 6.42 Å². The highest BCUT2D eigenvalue weighted by Gasteiger charge is 2.66. The van der Waals surface area contributed by atoms with Crippen LogP contribution in [0.1, 0.15) is 31.2 Å². The molecule has 0 radical (unpaired) electrons. The Hall–Kier alpha value is -1.56. The van der Waals surface area contributed by atoms with Crippen molar-refractivity contribution < 1.29 is 27.7 Å². The molecular formula is C20H26F2IN3O4. The number of ether oxygens (including phenoxy) is 4. The van der Waals surface area contributed by atoms with E-state index < -0.39 is 6.61 Å². The largest absolute Gasteiger partial charge is 0.454 e. The van der Waals surface area contributed by atoms with Crippen LogP contribution in [-0.4, -0.2) is 45.2 Å². The molecule has 0 bridgehead atoms. The predicted octanol–water partition coefficient (Wildman–Crippen LogP) is 3.26. The van der Waals surface area contributed by atoms with Gasteiger partial charge in [-0.25, -0.2) is 0 Å². The maximum Gasteiger partial charge on any atom is 0.387 e. The summed E-state index contributed by atoms with van der Waals surface area (Å²) in [5, 5.41) is 6.80. The zero-order valence-electron chi connectivity index (χ0n) is 16.7. The molecule has 2 heterocycles. The van der Waals surface area contributed by atoms with Crippen LogP contribution in [0.5, 0.6) is 17.2 Å². The summed E-state index contributed by atoms with van der Waals surface area (Å²) in [6, 6.07) is 3.44. The van der Waals surface area contributed by atoms with Crippen molar-refractivity contribution in [2.24, 2.45) is 16.3 Å². The normalized spacial score (nSPS) is 27.7. The number of fused-ring (bicyclic) bond motifs is 3. The number of aliphatic imine (C=N–C) groups is 1. The van der Waals surface area contributed by atoms with Crippen LogP contribution in [0.25, 0.3) is 0 Å². The van der Waals surface area contributed by atoms with E-state index in [1.807, 2.05) is 0 Å². The van der Waals surface area contributed by atoms with Crippen LogP contribution in [0.15, 0.2) is 17.1 Å². The molecule has 2 N–H and O–H groups in total. The summed E-state index contributed by atoms with van der Waals surface area (Å²) in [4.78, 5) is 4.33. The van der Waals surface area contributed by atoms with Crippen molar-refractivity contribution in [3.8, 4) is 17.2 Å². The number of nitrogens with zero attached hydrogens (tertiary/aromatic N) is 1. The number of halogens is 3. The minimum absolute atomic E-state index is 0. The van der Waals surface area contributed by atoms with E-state index in [1.165, 1.54) is 25.3 Å². The van der Waals surface area contributed by atoms with E-state index in [0.29, 0.717) is 41.1 Å². The fourth-order valence-corrected chi connectivity index (χ4v) is 5.29. The minimum atomic E-state index is -2.92. The van der Waals surface area contributed by atoms with Gasteiger partial charge in [-0.15, -0.1) is 24.0 Å². The Morgan fingerprint density at radius 3 is 2.73 bits per heavy atom. The number of nitrogens with one attached hydrogen (secondary N) is 2. The first-order valence-corrected chi connectivity index (χ1v) is 10.1. The van der Waals surface area contributed by atoms with Gasteiger partial charge < -0.3 is 29.6 Å². The second kappa shape index (κ2) is 8.52. The standard InChI is InChI=1S/C20H25F2N3O4.HI/c1-23-19(25-16-12-3-6-26-17(12)20(16)4-2-5-20)24-9-11-7-14-15(28-10-27-14)8-13(11)29-18(21)22;/h7-8,12,16-18H,2-6,9-10H2,1H3,(H2,23,24,25);1H. The highest BCUT2D eigenvalue weighted by molar-refractivity contribution is 14.0. The molecule has 2 saturated carbocycles. The first-order valence-electron chi connectivity index (χ1n) is 10.1. The zero-order chi connectivity index (χ0) is 20.0. The number of rotatable bonds is 5. The topological polar surface area (TPSA) is 73.3 Å². The van der Waals surface area contributed by atoms with Gasteiger partial charge in [0.05, 0.1) is 6.10 Å². The summed E-state index contributed by atoms with van der Waals surface area (Å²) in [5.41, 5.74) is 0.771. The van der Waals surface area contributed by atoms with Crippen LogP contribution >= 0.6 is 24.0 Å². The van der Waals surface area contributed by atoms with E-state index in [-0.39, 0.29) is 48.5 Å². The lowest BCUT2D eigenvalue weighted by Crippen LogP contribution is -2.72. The molecule has 3 unspecified atom stereocenters. The van der Waals surface area contributed by atoms with Gasteiger partial charge >= 0.3 is 6.61 Å². The number of alkyl halides is 2. The van der Waals surface area contributed by atoms with Crippen LogP contribution in [0.2, 0.25) is 0 Å². The smallest absolute Gasteiger partial charge is 0.387 e. The number of guanidine groups is 1. The van der Waals surface area contributed by atoms with Crippen molar-refractivity contribution in [3.63, 3.8) is 0 Å². The Morgan fingerprint density at radius 2 is 2.07 bits per heavy atom. The molecule has 1 aromatic rings. The molecule has 10 heteroatoms. The second-order valence-electron chi connectivity index (χ2n) is 8.07. The van der Waals surface area contributed by atoms with E-state index in [1.54, 1.807) is 13.1 Å². The Kier molecular flexibility index (Phi) is 6.16. The highest BCUT2D eigenvalue weighted by atomic mass is 127. The lowest BCUT2D eigenvalue weighted by Gasteiger charge is -2.63. The molecule has 3 atom stereocenters. The Morgan fingerprint density at radius 1 is 1.30 bits per heavy atom. The molecule has 5 rings (SSSR count). The maximum absolute atomic E-state index is 12.8. The molecule has 30 heavy (non-hydrogen) atoms. The summed E-state index contributed by atoms with van der Waals surface area (Å²) >= 11 is 0. The third-order valence-electron chi connectivity index (χ3n) is 6.77. The van der Waals surface area contributed by atoms with Crippen LogP contribution in [0, 0.1) is 11.3 Å². The first kappa shape index (κ1) is 21.7. The van der Waals surface area contributed by atoms with Crippen molar-refractivity contribution in [2.45, 2.75) is 51.0 Å². The van der Waals surface area contributed by atoms with Crippen molar-refractivity contribution in [1.82, 2.24) is 10.6 Å². The maximum atomic E-state index is 12.8. The number of hydrogen-bond acceptors (Lipinski definition) is 5. The van der Waals surface area contributed by atoms with Crippen molar-refractivity contribution in [2.75, 3.05) is 20.4 Å². The highest BCUT2D eigenvalue weighted by Crippen LogP contribution is 2.62. The number of hydrogen-bond donors (Lipinski definition) is 2. The van der Waals surface area contributed by atoms with Crippen molar-refractivity contribution in [1.29, 1.82) is 0 Å². The third kappa shape index (κ3) is 3.55. The van der Waals surface area contributed by atoms with Crippen LogP contribution in [0.4, 0.5) is 8.78 Å². The zero-order valence-corrected chi connectivity index (χ0v) is 19.0. The quantitative estimate of drug-likeness (QED) is 0.342. The molecule has 1 saturated heterocycles. The monoisotopic (exact) mass is 537 g/mol. The van der Waals surface area contributed by atoms with E-state index in [9.17, 15) is 8.78 Å². The average Bonchev–Trinajstić information content (AvgIpc) is 3.27. The van der Waals surface area contributed by atoms with Gasteiger partial charge in [0, 0.05) is 49.2 Å². The molecule has 3 fully saturated rings. The number of benzene rings is 1. The molecule has 0 aromatic heterocycles. The Balaban J connectivity index is 0.00000218. The molecule has 7 nitrogen and oxygen atoms in total. The molecule has 166 valence electrons. The van der Waals surface area contributed by atoms with Crippen LogP contribution in [-0.2, 0) is 11.3 Å². The van der Waals surface area contributed by atoms with E-state index in [4.69, 9.17) is 14.2 Å². The fourth-order valence-electron chi connectivity index (χ4n) is 5.29. The Labute approximate surface area is 190 Å². The molecule has 1 aromatic carbocycles. The van der Waals surface area contributed by atoms with Crippen molar-refractivity contribution in [3.05, 3.63) is 17.7 Å². The van der Waals surface area contributed by atoms with Crippen molar-refractivity contribution >= 4 is 29.9 Å². The van der Waals surface area contributed by atoms with Gasteiger partial charge in [-0.05, 0) is 25.3 Å². The van der Waals surface area contributed by atoms with E-state index >= 15 is 0 Å². The summed E-state index contributed by atoms with van der Waals surface area (Å²) in [6.07, 6.45) is 5.03. The Bertz CT molecular complexity index is 821. The lowest BCUT2D eigenvalue weighted by molar-refractivity contribution is -0.171. The molecular weight excluding hydrogens is 511 g/mol. The molecule has 2 aliphatic carbocycles. The molecule has 2 aliphatic heterocycles. The van der Waals surface area contributed by atoms with Gasteiger partial charge in [-0.2, -0.15) is 8.78 Å².